The van der Waals surface area contributed by atoms with Crippen molar-refractivity contribution >= 4 is 11.9 Å². The smallest absolute Gasteiger partial charge is 0.286 e. The molecular formula is C9H9N5O2. The number of nitrogens with zero attached hydrogens (tertiary/aromatic N) is 4. The first kappa shape index (κ1) is 10.1. The summed E-state index contributed by atoms with van der Waals surface area (Å²) in [6.45, 7) is -0.144. The quantitative estimate of drug-likeness (QED) is 0.778. The van der Waals surface area contributed by atoms with Gasteiger partial charge in [-0.2, -0.15) is 4.68 Å². The van der Waals surface area contributed by atoms with Gasteiger partial charge in [-0.05, 0) is 12.1 Å². The van der Waals surface area contributed by atoms with E-state index in [-0.39, 0.29) is 18.5 Å². The molecule has 7 heteroatoms. The van der Waals surface area contributed by atoms with Crippen LogP contribution in [0.25, 0.3) is 0 Å². The van der Waals surface area contributed by atoms with Gasteiger partial charge in [-0.15, -0.1) is 5.10 Å². The van der Waals surface area contributed by atoms with Crippen molar-refractivity contribution in [2.45, 2.75) is 0 Å². The van der Waals surface area contributed by atoms with Gasteiger partial charge in [0.05, 0.1) is 6.20 Å². The summed E-state index contributed by atoms with van der Waals surface area (Å²) in [5.74, 6) is 0.215. The van der Waals surface area contributed by atoms with Crippen LogP contribution in [0.4, 0.5) is 5.95 Å². The van der Waals surface area contributed by atoms with Crippen molar-refractivity contribution in [3.8, 4) is 5.75 Å². The van der Waals surface area contributed by atoms with Crippen molar-refractivity contribution in [3.05, 3.63) is 30.9 Å². The van der Waals surface area contributed by atoms with Crippen LogP contribution < -0.4 is 10.5 Å². The first-order valence-electron chi connectivity index (χ1n) is 4.49. The maximum atomic E-state index is 11.5. The zero-order chi connectivity index (χ0) is 11.4. The van der Waals surface area contributed by atoms with Gasteiger partial charge in [-0.25, -0.2) is 4.98 Å². The molecule has 0 saturated carbocycles. The molecule has 2 aromatic heterocycles. The Bertz CT molecular complexity index is 482. The number of aromatic nitrogens is 4. The van der Waals surface area contributed by atoms with E-state index >= 15 is 0 Å². The molecule has 0 radical (unpaired) electrons. The number of hydrogen-bond donors (Lipinski definition) is 1. The van der Waals surface area contributed by atoms with Crippen molar-refractivity contribution in [1.29, 1.82) is 0 Å². The van der Waals surface area contributed by atoms with E-state index < -0.39 is 0 Å². The van der Waals surface area contributed by atoms with Gasteiger partial charge < -0.3 is 10.5 Å². The zero-order valence-corrected chi connectivity index (χ0v) is 8.28. The summed E-state index contributed by atoms with van der Waals surface area (Å²) in [6.07, 6.45) is 4.38. The molecule has 82 valence electrons. The second-order valence-electron chi connectivity index (χ2n) is 2.92. The number of pyridine rings is 1. The van der Waals surface area contributed by atoms with Crippen LogP contribution in [-0.4, -0.2) is 32.3 Å². The predicted octanol–water partition coefficient (Wildman–Crippen LogP) is -0.0255. The summed E-state index contributed by atoms with van der Waals surface area (Å²) in [5.41, 5.74) is 5.28. The fraction of sp³-hybridized carbons (Fsp3) is 0.111. The third-order valence-corrected chi connectivity index (χ3v) is 1.76. The molecule has 2 N–H and O–H groups in total. The highest BCUT2D eigenvalue weighted by Crippen LogP contribution is 2.05. The lowest BCUT2D eigenvalue weighted by molar-refractivity contribution is 0.0820. The molecule has 2 heterocycles. The van der Waals surface area contributed by atoms with Crippen molar-refractivity contribution in [1.82, 2.24) is 19.7 Å². The maximum absolute atomic E-state index is 11.5. The van der Waals surface area contributed by atoms with Crippen LogP contribution in [0.1, 0.15) is 4.79 Å². The number of hydrogen-bond acceptors (Lipinski definition) is 6. The number of carbonyl (C=O) groups excluding carboxylic acids is 1. The molecule has 0 unspecified atom stereocenters. The Kier molecular flexibility index (Phi) is 2.77. The normalized spacial score (nSPS) is 10.0. The number of carbonyl (C=O) groups is 1. The molecule has 16 heavy (non-hydrogen) atoms. The van der Waals surface area contributed by atoms with Crippen LogP contribution in [0.2, 0.25) is 0 Å². The van der Waals surface area contributed by atoms with Gasteiger partial charge in [-0.1, -0.05) is 0 Å². The summed E-state index contributed by atoms with van der Waals surface area (Å²) in [5, 5.41) is 3.66. The van der Waals surface area contributed by atoms with E-state index in [9.17, 15) is 4.79 Å². The maximum Gasteiger partial charge on any atom is 0.286 e. The summed E-state index contributed by atoms with van der Waals surface area (Å²) in [4.78, 5) is 19.0. The van der Waals surface area contributed by atoms with Gasteiger partial charge in [0.1, 0.15) is 12.1 Å². The SMILES string of the molecule is Nc1ncn(C(=O)COc2cccnc2)n1. The highest BCUT2D eigenvalue weighted by molar-refractivity contribution is 5.79. The van der Waals surface area contributed by atoms with Crippen molar-refractivity contribution in [2.24, 2.45) is 0 Å². The van der Waals surface area contributed by atoms with Gasteiger partial charge >= 0.3 is 0 Å². The van der Waals surface area contributed by atoms with Gasteiger partial charge in [0, 0.05) is 6.20 Å². The Labute approximate surface area is 90.9 Å². The average molecular weight is 219 g/mol. The Morgan fingerprint density at radius 2 is 2.44 bits per heavy atom. The molecule has 0 bridgehead atoms. The van der Waals surface area contributed by atoms with Crippen LogP contribution in [0.3, 0.4) is 0 Å². The number of anilines is 1. The number of ether oxygens (including phenoxy) is 1. The Balaban J connectivity index is 1.94. The summed E-state index contributed by atoms with van der Waals surface area (Å²) < 4.78 is 6.22. The lowest BCUT2D eigenvalue weighted by Crippen LogP contribution is -2.19. The van der Waals surface area contributed by atoms with E-state index in [2.05, 4.69) is 15.1 Å². The number of nitrogen functional groups attached to an aromatic ring is 1. The molecule has 0 fully saturated rings. The minimum atomic E-state index is -0.354. The van der Waals surface area contributed by atoms with Crippen LogP contribution in [-0.2, 0) is 0 Å². The largest absolute Gasteiger partial charge is 0.482 e. The lowest BCUT2D eigenvalue weighted by Gasteiger charge is -2.03. The molecule has 0 aromatic carbocycles. The molecule has 0 amide bonds. The number of rotatable bonds is 3. The van der Waals surface area contributed by atoms with Gasteiger partial charge in [0.25, 0.3) is 5.91 Å². The Morgan fingerprint density at radius 3 is 3.06 bits per heavy atom. The highest BCUT2D eigenvalue weighted by atomic mass is 16.5. The van der Waals surface area contributed by atoms with Crippen molar-refractivity contribution < 1.29 is 9.53 Å². The molecular weight excluding hydrogens is 210 g/mol. The molecule has 0 aliphatic heterocycles. The molecule has 2 aromatic rings. The van der Waals surface area contributed by atoms with E-state index in [1.807, 2.05) is 0 Å². The van der Waals surface area contributed by atoms with Crippen LogP contribution in [0, 0.1) is 0 Å². The van der Waals surface area contributed by atoms with Crippen molar-refractivity contribution in [3.63, 3.8) is 0 Å². The van der Waals surface area contributed by atoms with E-state index in [0.717, 1.165) is 4.68 Å². The lowest BCUT2D eigenvalue weighted by atomic mass is 10.5. The monoisotopic (exact) mass is 219 g/mol. The predicted molar refractivity (Wildman–Crippen MR) is 54.8 cm³/mol. The van der Waals surface area contributed by atoms with E-state index in [1.54, 1.807) is 18.3 Å². The van der Waals surface area contributed by atoms with E-state index in [0.29, 0.717) is 5.75 Å². The van der Waals surface area contributed by atoms with Crippen LogP contribution in [0.15, 0.2) is 30.9 Å². The summed E-state index contributed by atoms with van der Waals surface area (Å²) >= 11 is 0. The molecule has 0 saturated heterocycles. The van der Waals surface area contributed by atoms with Gasteiger partial charge in [0.2, 0.25) is 5.95 Å². The molecule has 2 rings (SSSR count). The topological polar surface area (TPSA) is 95.9 Å². The fourth-order valence-electron chi connectivity index (χ4n) is 1.04. The average Bonchev–Trinajstić information content (AvgIpc) is 2.74. The molecule has 7 nitrogen and oxygen atoms in total. The summed E-state index contributed by atoms with van der Waals surface area (Å²) in [6, 6.07) is 3.42. The zero-order valence-electron chi connectivity index (χ0n) is 8.28. The fourth-order valence-corrected chi connectivity index (χ4v) is 1.04. The first-order valence-corrected chi connectivity index (χ1v) is 4.49. The van der Waals surface area contributed by atoms with Crippen LogP contribution >= 0.6 is 0 Å². The third kappa shape index (κ3) is 2.32. The van der Waals surface area contributed by atoms with E-state index in [1.165, 1.54) is 12.5 Å². The van der Waals surface area contributed by atoms with Crippen molar-refractivity contribution in [2.75, 3.05) is 12.3 Å². The molecule has 0 atom stereocenters. The first-order chi connectivity index (χ1) is 7.75. The standard InChI is InChI=1S/C9H9N5O2/c10-9-12-6-14(13-9)8(15)5-16-7-2-1-3-11-4-7/h1-4,6H,5H2,(H2,10,13). The third-order valence-electron chi connectivity index (χ3n) is 1.76. The second kappa shape index (κ2) is 4.39. The minimum absolute atomic E-state index is 0.0507. The molecule has 0 aliphatic rings. The Hall–Kier alpha value is -2.44. The molecule has 0 aliphatic carbocycles. The number of nitrogens with two attached hydrogens (primary N) is 1. The van der Waals surface area contributed by atoms with Gasteiger partial charge in [0.15, 0.2) is 6.61 Å². The Morgan fingerprint density at radius 1 is 1.56 bits per heavy atom. The minimum Gasteiger partial charge on any atom is -0.482 e. The van der Waals surface area contributed by atoms with Crippen LogP contribution in [0.5, 0.6) is 5.75 Å². The van der Waals surface area contributed by atoms with E-state index in [4.69, 9.17) is 10.5 Å². The highest BCUT2D eigenvalue weighted by Gasteiger charge is 2.07. The second-order valence-corrected chi connectivity index (χ2v) is 2.92. The summed E-state index contributed by atoms with van der Waals surface area (Å²) in [7, 11) is 0. The molecule has 0 spiro atoms. The van der Waals surface area contributed by atoms with Gasteiger partial charge in [-0.3, -0.25) is 9.78 Å².